The lowest BCUT2D eigenvalue weighted by Gasteiger charge is -2.17. The van der Waals surface area contributed by atoms with Crippen LogP contribution in [0.2, 0.25) is 0 Å². The number of unbranched alkanes of at least 4 members (excludes halogenated alkanes) is 1. The Bertz CT molecular complexity index is 278. The fraction of sp³-hybridized carbons (Fsp3) is 0.600. The van der Waals surface area contributed by atoms with Crippen LogP contribution in [0.25, 0.3) is 0 Å². The summed E-state index contributed by atoms with van der Waals surface area (Å²) in [4.78, 5) is 10.3. The van der Waals surface area contributed by atoms with E-state index in [1.165, 1.54) is 12.8 Å². The van der Waals surface area contributed by atoms with E-state index in [4.69, 9.17) is 5.73 Å². The van der Waals surface area contributed by atoms with Gasteiger partial charge in [-0.25, -0.2) is 4.98 Å². The van der Waals surface area contributed by atoms with Gasteiger partial charge in [0.25, 0.3) is 0 Å². The predicted octanol–water partition coefficient (Wildman–Crippen LogP) is 1.60. The molecule has 0 radical (unpaired) electrons. The van der Waals surface area contributed by atoms with Gasteiger partial charge < -0.3 is 10.6 Å². The highest BCUT2D eigenvalue weighted by atomic mass is 15.2. The van der Waals surface area contributed by atoms with Crippen LogP contribution in [0.4, 0.5) is 11.8 Å². The highest BCUT2D eigenvalue weighted by molar-refractivity contribution is 5.42. The van der Waals surface area contributed by atoms with E-state index in [9.17, 15) is 0 Å². The minimum Gasteiger partial charge on any atom is -0.368 e. The van der Waals surface area contributed by atoms with Gasteiger partial charge in [0.15, 0.2) is 0 Å². The van der Waals surface area contributed by atoms with Crippen LogP contribution in [0.15, 0.2) is 6.07 Å². The molecule has 0 aliphatic carbocycles. The van der Waals surface area contributed by atoms with E-state index in [2.05, 4.69) is 21.8 Å². The minimum atomic E-state index is 0.350. The van der Waals surface area contributed by atoms with Gasteiger partial charge in [-0.1, -0.05) is 13.3 Å². The second kappa shape index (κ2) is 4.79. The van der Waals surface area contributed by atoms with Crippen LogP contribution in [0.1, 0.15) is 25.5 Å². The molecule has 14 heavy (non-hydrogen) atoms. The normalized spacial score (nSPS) is 10.2. The van der Waals surface area contributed by atoms with Crippen molar-refractivity contribution in [3.8, 4) is 0 Å². The van der Waals surface area contributed by atoms with Gasteiger partial charge in [0.1, 0.15) is 5.82 Å². The highest BCUT2D eigenvalue weighted by Crippen LogP contribution is 2.12. The Morgan fingerprint density at radius 2 is 2.14 bits per heavy atom. The summed E-state index contributed by atoms with van der Waals surface area (Å²) < 4.78 is 0. The van der Waals surface area contributed by atoms with E-state index in [1.54, 1.807) is 0 Å². The SMILES string of the molecule is CCCCN(C)c1cc(C)nc(N)n1. The summed E-state index contributed by atoms with van der Waals surface area (Å²) in [6, 6.07) is 1.95. The van der Waals surface area contributed by atoms with Gasteiger partial charge in [-0.05, 0) is 13.3 Å². The van der Waals surface area contributed by atoms with Gasteiger partial charge in [-0.15, -0.1) is 0 Å². The van der Waals surface area contributed by atoms with Crippen molar-refractivity contribution < 1.29 is 0 Å². The summed E-state index contributed by atoms with van der Waals surface area (Å²) in [7, 11) is 2.02. The Balaban J connectivity index is 2.73. The van der Waals surface area contributed by atoms with Crippen molar-refractivity contribution in [2.75, 3.05) is 24.2 Å². The number of rotatable bonds is 4. The summed E-state index contributed by atoms with van der Waals surface area (Å²) in [6.07, 6.45) is 2.35. The second-order valence-corrected chi connectivity index (χ2v) is 3.50. The van der Waals surface area contributed by atoms with E-state index < -0.39 is 0 Å². The smallest absolute Gasteiger partial charge is 0.222 e. The van der Waals surface area contributed by atoms with E-state index in [-0.39, 0.29) is 0 Å². The molecule has 0 saturated heterocycles. The molecule has 0 aliphatic heterocycles. The third kappa shape index (κ3) is 2.87. The average Bonchev–Trinajstić information content (AvgIpc) is 2.12. The van der Waals surface area contributed by atoms with E-state index >= 15 is 0 Å². The summed E-state index contributed by atoms with van der Waals surface area (Å²) in [5.74, 6) is 1.26. The molecule has 0 aromatic carbocycles. The first-order valence-electron chi connectivity index (χ1n) is 4.95. The maximum absolute atomic E-state index is 5.58. The van der Waals surface area contributed by atoms with Crippen LogP contribution in [-0.2, 0) is 0 Å². The second-order valence-electron chi connectivity index (χ2n) is 3.50. The minimum absolute atomic E-state index is 0.350. The van der Waals surface area contributed by atoms with Crippen molar-refractivity contribution in [2.45, 2.75) is 26.7 Å². The Labute approximate surface area is 85.2 Å². The zero-order valence-corrected chi connectivity index (χ0v) is 9.12. The molecule has 4 nitrogen and oxygen atoms in total. The summed E-state index contributed by atoms with van der Waals surface area (Å²) >= 11 is 0. The zero-order chi connectivity index (χ0) is 10.6. The van der Waals surface area contributed by atoms with Gasteiger partial charge in [0, 0.05) is 25.4 Å². The maximum Gasteiger partial charge on any atom is 0.222 e. The average molecular weight is 194 g/mol. The molecule has 2 N–H and O–H groups in total. The lowest BCUT2D eigenvalue weighted by molar-refractivity contribution is 0.758. The molecule has 78 valence electrons. The standard InChI is InChI=1S/C10H18N4/c1-4-5-6-14(3)9-7-8(2)12-10(11)13-9/h7H,4-6H2,1-3H3,(H2,11,12,13). The molecule has 1 rings (SSSR count). The van der Waals surface area contributed by atoms with Gasteiger partial charge in [-0.3, -0.25) is 0 Å². The molecule has 0 spiro atoms. The molecule has 1 aromatic rings. The molecule has 1 heterocycles. The predicted molar refractivity (Wildman–Crippen MR) is 59.4 cm³/mol. The van der Waals surface area contributed by atoms with Crippen molar-refractivity contribution in [2.24, 2.45) is 0 Å². The molecule has 0 fully saturated rings. The molecule has 0 aliphatic rings. The molecule has 0 atom stereocenters. The number of anilines is 2. The van der Waals surface area contributed by atoms with Gasteiger partial charge in [-0.2, -0.15) is 4.98 Å². The quantitative estimate of drug-likeness (QED) is 0.791. The van der Waals surface area contributed by atoms with Gasteiger partial charge >= 0.3 is 0 Å². The van der Waals surface area contributed by atoms with Crippen LogP contribution in [0.5, 0.6) is 0 Å². The Kier molecular flexibility index (Phi) is 3.68. The Morgan fingerprint density at radius 1 is 1.43 bits per heavy atom. The number of nitrogen functional groups attached to an aromatic ring is 1. The molecular formula is C10H18N4. The molecule has 1 aromatic heterocycles. The molecule has 0 bridgehead atoms. The third-order valence-electron chi connectivity index (χ3n) is 2.10. The highest BCUT2D eigenvalue weighted by Gasteiger charge is 2.03. The first-order chi connectivity index (χ1) is 6.63. The van der Waals surface area contributed by atoms with Crippen LogP contribution >= 0.6 is 0 Å². The van der Waals surface area contributed by atoms with E-state index in [0.29, 0.717) is 5.95 Å². The fourth-order valence-corrected chi connectivity index (χ4v) is 1.28. The molecule has 0 saturated carbocycles. The topological polar surface area (TPSA) is 55.0 Å². The number of nitrogens with zero attached hydrogens (tertiary/aromatic N) is 3. The van der Waals surface area contributed by atoms with Crippen LogP contribution in [-0.4, -0.2) is 23.6 Å². The lowest BCUT2D eigenvalue weighted by Crippen LogP contribution is -2.20. The molecule has 4 heteroatoms. The number of aryl methyl sites for hydroxylation is 1. The number of aromatic nitrogens is 2. The number of hydrogen-bond donors (Lipinski definition) is 1. The molecule has 0 amide bonds. The van der Waals surface area contributed by atoms with Crippen molar-refractivity contribution in [3.63, 3.8) is 0 Å². The molecular weight excluding hydrogens is 176 g/mol. The Morgan fingerprint density at radius 3 is 2.71 bits per heavy atom. The van der Waals surface area contributed by atoms with Crippen molar-refractivity contribution in [1.29, 1.82) is 0 Å². The molecule has 0 unspecified atom stereocenters. The summed E-state index contributed by atoms with van der Waals surface area (Å²) in [5.41, 5.74) is 6.49. The zero-order valence-electron chi connectivity index (χ0n) is 9.12. The number of hydrogen-bond acceptors (Lipinski definition) is 4. The first kappa shape index (κ1) is 10.8. The third-order valence-corrected chi connectivity index (χ3v) is 2.10. The van der Waals surface area contributed by atoms with Gasteiger partial charge in [0.2, 0.25) is 5.95 Å². The van der Waals surface area contributed by atoms with Crippen LogP contribution < -0.4 is 10.6 Å². The van der Waals surface area contributed by atoms with Crippen molar-refractivity contribution >= 4 is 11.8 Å². The van der Waals surface area contributed by atoms with Crippen LogP contribution in [0.3, 0.4) is 0 Å². The van der Waals surface area contributed by atoms with Crippen LogP contribution in [0, 0.1) is 6.92 Å². The first-order valence-corrected chi connectivity index (χ1v) is 4.95. The lowest BCUT2D eigenvalue weighted by atomic mass is 10.3. The summed E-state index contributed by atoms with van der Waals surface area (Å²) in [6.45, 7) is 5.11. The van der Waals surface area contributed by atoms with Crippen molar-refractivity contribution in [3.05, 3.63) is 11.8 Å². The number of nitrogens with two attached hydrogens (primary N) is 1. The monoisotopic (exact) mass is 194 g/mol. The van der Waals surface area contributed by atoms with E-state index in [1.807, 2.05) is 20.0 Å². The maximum atomic E-state index is 5.58. The van der Waals surface area contributed by atoms with E-state index in [0.717, 1.165) is 18.1 Å². The summed E-state index contributed by atoms with van der Waals surface area (Å²) in [5, 5.41) is 0. The largest absolute Gasteiger partial charge is 0.368 e. The fourth-order valence-electron chi connectivity index (χ4n) is 1.28. The van der Waals surface area contributed by atoms with Crippen molar-refractivity contribution in [1.82, 2.24) is 9.97 Å². The Hall–Kier alpha value is -1.32. The van der Waals surface area contributed by atoms with Gasteiger partial charge in [0.05, 0.1) is 0 Å².